The normalized spacial score (nSPS) is 15.6. The van der Waals surface area contributed by atoms with Crippen molar-refractivity contribution in [3.8, 4) is 0 Å². The fraction of sp³-hybridized carbons (Fsp3) is 1.00. The second kappa shape index (κ2) is 8.25. The number of hydrogen-bond donors (Lipinski definition) is 1. The lowest BCUT2D eigenvalue weighted by Gasteiger charge is -2.09. The number of unbranched alkanes of at least 4 members (excludes halogenated alkanes) is 3. The van der Waals surface area contributed by atoms with Crippen molar-refractivity contribution in [2.45, 2.75) is 25.7 Å². The molecule has 0 rings (SSSR count). The van der Waals surface area contributed by atoms with Gasteiger partial charge in [0, 0.05) is 6.66 Å². The van der Waals surface area contributed by atoms with Crippen molar-refractivity contribution in [1.82, 2.24) is 0 Å². The molecule has 0 saturated carbocycles. The molecule has 0 saturated heterocycles. The number of thioether (sulfide) groups is 1. The Bertz CT molecular complexity index is 158. The minimum Gasteiger partial charge on any atom is -0.345 e. The molecule has 0 aliphatic carbocycles. The molecule has 1 N–H and O–H groups in total. The van der Waals surface area contributed by atoms with Crippen LogP contribution in [0.4, 0.5) is 0 Å². The molecule has 0 fully saturated rings. The van der Waals surface area contributed by atoms with Crippen LogP contribution in [0.25, 0.3) is 0 Å². The van der Waals surface area contributed by atoms with Crippen LogP contribution in [0.1, 0.15) is 25.7 Å². The predicted octanol–water partition coefficient (Wildman–Crippen LogP) is 2.86. The molecule has 0 aromatic heterocycles. The molecule has 2 nitrogen and oxygen atoms in total. The average Bonchev–Trinajstić information content (AvgIpc) is 2.01. The summed E-state index contributed by atoms with van der Waals surface area (Å²) in [7, 11) is 0. The van der Waals surface area contributed by atoms with Gasteiger partial charge in [0.2, 0.25) is 0 Å². The first-order chi connectivity index (χ1) is 6.06. The van der Waals surface area contributed by atoms with E-state index in [2.05, 4.69) is 6.26 Å². The molecule has 0 aliphatic heterocycles. The summed E-state index contributed by atoms with van der Waals surface area (Å²) >= 11 is 6.63. The van der Waals surface area contributed by atoms with Crippen molar-refractivity contribution < 1.29 is 9.42 Å². The molecule has 1 unspecified atom stereocenters. The molecule has 0 spiro atoms. The SMILES string of the molecule is CSCCCCCCOP(C)(O)=S. The Balaban J connectivity index is 3.04. The second-order valence-corrected chi connectivity index (χ2v) is 7.93. The number of hydrogen-bond acceptors (Lipinski definition) is 3. The van der Waals surface area contributed by atoms with Crippen LogP contribution >= 0.6 is 18.3 Å². The van der Waals surface area contributed by atoms with Crippen molar-refractivity contribution in [1.29, 1.82) is 0 Å². The summed E-state index contributed by atoms with van der Waals surface area (Å²) in [5.41, 5.74) is 0. The van der Waals surface area contributed by atoms with E-state index < -0.39 is 6.49 Å². The zero-order valence-electron chi connectivity index (χ0n) is 8.36. The van der Waals surface area contributed by atoms with Crippen LogP contribution in [0.5, 0.6) is 0 Å². The minimum absolute atomic E-state index is 0.615. The van der Waals surface area contributed by atoms with Crippen LogP contribution in [-0.2, 0) is 16.3 Å². The van der Waals surface area contributed by atoms with Gasteiger partial charge < -0.3 is 9.42 Å². The summed E-state index contributed by atoms with van der Waals surface area (Å²) in [5.74, 6) is 1.24. The van der Waals surface area contributed by atoms with Crippen LogP contribution < -0.4 is 0 Å². The van der Waals surface area contributed by atoms with Gasteiger partial charge in [0.15, 0.2) is 6.49 Å². The van der Waals surface area contributed by atoms with Crippen molar-refractivity contribution in [2.75, 3.05) is 25.3 Å². The summed E-state index contributed by atoms with van der Waals surface area (Å²) in [6.45, 7) is -0.190. The molecule has 0 amide bonds. The number of rotatable bonds is 8. The van der Waals surface area contributed by atoms with Gasteiger partial charge in [-0.3, -0.25) is 0 Å². The highest BCUT2D eigenvalue weighted by Gasteiger charge is 2.02. The summed E-state index contributed by atoms with van der Waals surface area (Å²) in [6, 6.07) is 0. The highest BCUT2D eigenvalue weighted by atomic mass is 32.5. The fourth-order valence-corrected chi connectivity index (χ4v) is 2.12. The Morgan fingerprint density at radius 2 is 1.92 bits per heavy atom. The smallest absolute Gasteiger partial charge is 0.183 e. The van der Waals surface area contributed by atoms with Crippen molar-refractivity contribution in [2.24, 2.45) is 0 Å². The van der Waals surface area contributed by atoms with Crippen LogP contribution in [0, 0.1) is 0 Å². The third kappa shape index (κ3) is 12.9. The fourth-order valence-electron chi connectivity index (χ4n) is 0.936. The minimum atomic E-state index is -2.40. The Hall–Kier alpha value is 0.920. The molecule has 80 valence electrons. The summed E-state index contributed by atoms with van der Waals surface area (Å²) in [5, 5.41) is 0. The van der Waals surface area contributed by atoms with Gasteiger partial charge in [0.1, 0.15) is 0 Å². The lowest BCUT2D eigenvalue weighted by atomic mass is 10.2. The zero-order chi connectivity index (χ0) is 10.2. The monoisotopic (exact) mass is 242 g/mol. The van der Waals surface area contributed by atoms with Gasteiger partial charge in [-0.25, -0.2) is 0 Å². The first kappa shape index (κ1) is 13.9. The van der Waals surface area contributed by atoms with Gasteiger partial charge in [0.25, 0.3) is 0 Å². The molecule has 0 aromatic rings. The Kier molecular flexibility index (Phi) is 8.83. The zero-order valence-corrected chi connectivity index (χ0v) is 10.9. The van der Waals surface area contributed by atoms with E-state index in [4.69, 9.17) is 21.2 Å². The lowest BCUT2D eigenvalue weighted by Crippen LogP contribution is -1.91. The average molecular weight is 242 g/mol. The molecule has 0 heterocycles. The third-order valence-electron chi connectivity index (χ3n) is 1.57. The largest absolute Gasteiger partial charge is 0.345 e. The summed E-state index contributed by atoms with van der Waals surface area (Å²) in [6.07, 6.45) is 6.85. The standard InChI is InChI=1S/C8H19O2PS2/c1-11(9,12)10-7-5-3-4-6-8-13-2/h3-8H2,1-2H3,(H,9,12). The van der Waals surface area contributed by atoms with Crippen LogP contribution in [0.2, 0.25) is 0 Å². The maximum atomic E-state index is 9.16. The molecule has 0 radical (unpaired) electrons. The molecular formula is C8H19O2PS2. The summed E-state index contributed by atoms with van der Waals surface area (Å²) in [4.78, 5) is 9.16. The van der Waals surface area contributed by atoms with Crippen LogP contribution in [0.15, 0.2) is 0 Å². The first-order valence-corrected chi connectivity index (χ1v) is 9.01. The highest BCUT2D eigenvalue weighted by Crippen LogP contribution is 2.37. The Morgan fingerprint density at radius 3 is 2.46 bits per heavy atom. The van der Waals surface area contributed by atoms with Gasteiger partial charge in [-0.2, -0.15) is 11.8 Å². The lowest BCUT2D eigenvalue weighted by molar-refractivity contribution is 0.300. The van der Waals surface area contributed by atoms with Crippen molar-refractivity contribution >= 4 is 30.1 Å². The van der Waals surface area contributed by atoms with Gasteiger partial charge in [0.05, 0.1) is 6.61 Å². The molecule has 13 heavy (non-hydrogen) atoms. The van der Waals surface area contributed by atoms with Crippen LogP contribution in [0.3, 0.4) is 0 Å². The highest BCUT2D eigenvalue weighted by molar-refractivity contribution is 8.09. The molecule has 0 bridgehead atoms. The third-order valence-corrected chi connectivity index (χ3v) is 3.25. The van der Waals surface area contributed by atoms with Gasteiger partial charge in [-0.05, 0) is 36.7 Å². The predicted molar refractivity (Wildman–Crippen MR) is 65.2 cm³/mol. The van der Waals surface area contributed by atoms with E-state index in [0.717, 1.165) is 6.42 Å². The summed E-state index contributed by atoms with van der Waals surface area (Å²) < 4.78 is 5.11. The molecule has 0 aromatic carbocycles. The van der Waals surface area contributed by atoms with E-state index in [1.165, 1.54) is 25.0 Å². The molecule has 5 heteroatoms. The van der Waals surface area contributed by atoms with Crippen molar-refractivity contribution in [3.05, 3.63) is 0 Å². The van der Waals surface area contributed by atoms with E-state index >= 15 is 0 Å². The van der Waals surface area contributed by atoms with E-state index in [-0.39, 0.29) is 0 Å². The van der Waals surface area contributed by atoms with Gasteiger partial charge in [-0.15, -0.1) is 0 Å². The van der Waals surface area contributed by atoms with E-state index in [1.54, 1.807) is 6.66 Å². The Labute approximate surface area is 90.6 Å². The van der Waals surface area contributed by atoms with Gasteiger partial charge in [-0.1, -0.05) is 12.8 Å². The van der Waals surface area contributed by atoms with Crippen LogP contribution in [-0.4, -0.2) is 30.2 Å². The topological polar surface area (TPSA) is 29.5 Å². The second-order valence-electron chi connectivity index (χ2n) is 3.04. The van der Waals surface area contributed by atoms with Gasteiger partial charge >= 0.3 is 0 Å². The van der Waals surface area contributed by atoms with Crippen molar-refractivity contribution in [3.63, 3.8) is 0 Å². The van der Waals surface area contributed by atoms with E-state index in [1.807, 2.05) is 11.8 Å². The van der Waals surface area contributed by atoms with E-state index in [0.29, 0.717) is 6.61 Å². The molecular weight excluding hydrogens is 223 g/mol. The molecule has 0 aliphatic rings. The van der Waals surface area contributed by atoms with E-state index in [9.17, 15) is 0 Å². The first-order valence-electron chi connectivity index (χ1n) is 4.50. The Morgan fingerprint density at radius 1 is 1.31 bits per heavy atom. The quantitative estimate of drug-likeness (QED) is 0.523. The maximum absolute atomic E-state index is 9.16. The molecule has 1 atom stereocenters. The maximum Gasteiger partial charge on any atom is 0.183 e.